The number of ether oxygens (including phenoxy) is 4. The Morgan fingerprint density at radius 2 is 0.939 bits per heavy atom. The zero-order chi connectivity index (χ0) is 58.6. The molecule has 1 saturated heterocycles. The van der Waals surface area contributed by atoms with Crippen LogP contribution >= 0.6 is 21.6 Å². The van der Waals surface area contributed by atoms with E-state index in [-0.39, 0.29) is 36.7 Å². The van der Waals surface area contributed by atoms with E-state index >= 15 is 0 Å². The van der Waals surface area contributed by atoms with E-state index < -0.39 is 0 Å². The fourth-order valence-electron chi connectivity index (χ4n) is 10.4. The lowest BCUT2D eigenvalue weighted by atomic mass is 9.94. The Kier molecular flexibility index (Phi) is 45.9. The molecule has 0 amide bonds. The van der Waals surface area contributed by atoms with Gasteiger partial charge in [0.05, 0.1) is 26.1 Å². The van der Waals surface area contributed by atoms with E-state index in [2.05, 4.69) is 55.3 Å². The maximum atomic E-state index is 12.6. The van der Waals surface area contributed by atoms with Gasteiger partial charge in [0.1, 0.15) is 11.5 Å². The van der Waals surface area contributed by atoms with Crippen LogP contribution in [0.3, 0.4) is 0 Å². The number of allylic oxidation sites excluding steroid dienone is 4. The molecule has 2 aromatic carbocycles. The van der Waals surface area contributed by atoms with Crippen LogP contribution in [-0.4, -0.2) is 86.2 Å². The molecule has 1 heterocycles. The van der Waals surface area contributed by atoms with Gasteiger partial charge in [-0.3, -0.25) is 19.2 Å². The molecule has 1 aliphatic heterocycles. The zero-order valence-electron chi connectivity index (χ0n) is 51.9. The number of hydrogen-bond acceptors (Lipinski definition) is 12. The summed E-state index contributed by atoms with van der Waals surface area (Å²) in [6.07, 6.45) is 48.8. The highest BCUT2D eigenvalue weighted by atomic mass is 33.1. The number of nitrogens with one attached hydrogen (secondary N) is 1. The summed E-state index contributed by atoms with van der Waals surface area (Å²) in [5, 5.41) is 3.60. The Morgan fingerprint density at radius 1 is 0.512 bits per heavy atom. The van der Waals surface area contributed by atoms with Crippen LogP contribution in [0.25, 0.3) is 0 Å². The zero-order valence-corrected chi connectivity index (χ0v) is 53.6. The summed E-state index contributed by atoms with van der Waals surface area (Å²) in [7, 11) is 3.89. The van der Waals surface area contributed by atoms with Crippen LogP contribution in [0.5, 0.6) is 11.5 Å². The van der Waals surface area contributed by atoms with Crippen molar-refractivity contribution in [3.8, 4) is 11.5 Å². The highest BCUT2D eigenvalue weighted by Crippen LogP contribution is 2.25. The highest BCUT2D eigenvalue weighted by molar-refractivity contribution is 8.76. The van der Waals surface area contributed by atoms with Gasteiger partial charge in [-0.2, -0.15) is 0 Å². The third kappa shape index (κ3) is 41.4. The lowest BCUT2D eigenvalue weighted by Gasteiger charge is -2.31. The fraction of sp³-hybridized carbons (Fsp3) is 0.714. The Labute approximate surface area is 507 Å². The third-order valence-electron chi connectivity index (χ3n) is 15.8. The van der Waals surface area contributed by atoms with Gasteiger partial charge in [-0.1, -0.05) is 200 Å². The van der Waals surface area contributed by atoms with Crippen molar-refractivity contribution in [1.29, 1.82) is 0 Å². The van der Waals surface area contributed by atoms with Crippen molar-refractivity contribution < 1.29 is 38.1 Å². The Hall–Kier alpha value is -3.58. The molecule has 1 fully saturated rings. The lowest BCUT2D eigenvalue weighted by Crippen LogP contribution is -2.35. The van der Waals surface area contributed by atoms with Crippen molar-refractivity contribution in [2.45, 2.75) is 252 Å². The Balaban J connectivity index is 1.07. The van der Waals surface area contributed by atoms with Gasteiger partial charge in [0.25, 0.3) is 0 Å². The predicted octanol–water partition coefficient (Wildman–Crippen LogP) is 18.3. The molecular formula is C70H114N2O8S2. The minimum atomic E-state index is -0.228. The first kappa shape index (κ1) is 72.7. The minimum Gasteiger partial charge on any atom is -0.465 e. The summed E-state index contributed by atoms with van der Waals surface area (Å²) in [5.41, 5.74) is 1.70. The average molecular weight is 1180 g/mol. The van der Waals surface area contributed by atoms with Gasteiger partial charge in [0.2, 0.25) is 0 Å². The molecule has 82 heavy (non-hydrogen) atoms. The van der Waals surface area contributed by atoms with Crippen LogP contribution in [-0.2, 0) is 41.5 Å². The summed E-state index contributed by atoms with van der Waals surface area (Å²) in [4.78, 5) is 52.6. The van der Waals surface area contributed by atoms with E-state index in [1.54, 1.807) is 24.3 Å². The second-order valence-electron chi connectivity index (χ2n) is 23.0. The average Bonchev–Trinajstić information content (AvgIpc) is 3.50. The van der Waals surface area contributed by atoms with E-state index in [1.165, 1.54) is 116 Å². The van der Waals surface area contributed by atoms with Crippen molar-refractivity contribution in [3.05, 3.63) is 84.0 Å². The Morgan fingerprint density at radius 3 is 1.40 bits per heavy atom. The molecule has 0 spiro atoms. The van der Waals surface area contributed by atoms with Crippen molar-refractivity contribution in [2.24, 2.45) is 11.8 Å². The molecule has 1 atom stereocenters. The van der Waals surface area contributed by atoms with E-state index in [9.17, 15) is 19.2 Å². The van der Waals surface area contributed by atoms with Crippen LogP contribution in [0.15, 0.2) is 72.8 Å². The van der Waals surface area contributed by atoms with Crippen molar-refractivity contribution in [1.82, 2.24) is 10.2 Å². The number of piperidine rings is 1. The number of benzene rings is 2. The number of unbranched alkanes of at least 4 members (excludes halogenated alkanes) is 22. The number of rotatable bonds is 53. The second-order valence-corrected chi connectivity index (χ2v) is 25.7. The quantitative estimate of drug-likeness (QED) is 0.0223. The van der Waals surface area contributed by atoms with E-state index in [0.717, 1.165) is 145 Å². The summed E-state index contributed by atoms with van der Waals surface area (Å²) in [6, 6.07) is 14.4. The number of carbonyl (C=O) groups excluding carboxylic acids is 4. The topological polar surface area (TPSA) is 120 Å². The number of likely N-dealkylation sites (tertiary alicyclic amines) is 1. The highest BCUT2D eigenvalue weighted by Gasteiger charge is 2.20. The molecule has 1 unspecified atom stereocenters. The maximum Gasteiger partial charge on any atom is 0.311 e. The third-order valence-corrected chi connectivity index (χ3v) is 18.2. The van der Waals surface area contributed by atoms with Gasteiger partial charge >= 0.3 is 23.9 Å². The molecule has 1 N–H and O–H groups in total. The molecule has 0 aromatic heterocycles. The van der Waals surface area contributed by atoms with E-state index in [4.69, 9.17) is 18.9 Å². The van der Waals surface area contributed by atoms with Crippen LogP contribution in [0, 0.1) is 11.8 Å². The number of esters is 4. The molecular weight excluding hydrogens is 1060 g/mol. The van der Waals surface area contributed by atoms with Crippen LogP contribution in [0.2, 0.25) is 0 Å². The van der Waals surface area contributed by atoms with Crippen molar-refractivity contribution in [2.75, 3.05) is 57.4 Å². The van der Waals surface area contributed by atoms with Crippen LogP contribution in [0.4, 0.5) is 0 Å². The number of carbonyl (C=O) groups is 4. The number of hydrogen-bond donors (Lipinski definition) is 1. The molecule has 10 nitrogen and oxygen atoms in total. The van der Waals surface area contributed by atoms with Crippen LogP contribution in [0.1, 0.15) is 250 Å². The SMILES string of the molecule is CCCCCCCC/C=C\CCCCCCCC(=O)Oc1ccc(CC(=O)OCCC(CC)CCNCCSSCCN2CCC(CCOC(=O)Cc3ccc(OC(=O)CCCCCCC/C=C\CCCCCCCC)cc3)CC2)cc1. The molecule has 12 heteroatoms. The molecule has 0 saturated carbocycles. The first-order valence-electron chi connectivity index (χ1n) is 33.2. The summed E-state index contributed by atoms with van der Waals surface area (Å²) in [5.74, 6) is 3.48. The van der Waals surface area contributed by atoms with Crippen LogP contribution < -0.4 is 14.8 Å². The van der Waals surface area contributed by atoms with Gasteiger partial charge in [-0.05, 0) is 163 Å². The molecule has 1 aliphatic rings. The largest absolute Gasteiger partial charge is 0.465 e. The van der Waals surface area contributed by atoms with E-state index in [1.807, 2.05) is 45.9 Å². The summed E-state index contributed by atoms with van der Waals surface area (Å²) >= 11 is 0. The smallest absolute Gasteiger partial charge is 0.311 e. The maximum absolute atomic E-state index is 12.6. The van der Waals surface area contributed by atoms with Gasteiger partial charge in [-0.25, -0.2) is 0 Å². The van der Waals surface area contributed by atoms with Gasteiger partial charge < -0.3 is 29.2 Å². The molecule has 0 radical (unpaired) electrons. The Bertz CT molecular complexity index is 1940. The van der Waals surface area contributed by atoms with Gasteiger partial charge in [-0.15, -0.1) is 0 Å². The standard InChI is InChI=1S/C70H114N2O8S2/c1-4-7-9-11-13-15-17-19-21-23-25-27-29-31-33-35-67(73)79-65-41-37-63(38-42-65)59-69(75)77-55-48-61(6-3)45-50-71-51-57-81-82-58-54-72-52-46-62(47-53-72)49-56-78-70(76)60-64-39-43-66(44-40-64)80-68(74)36-34-32-30-28-26-24-22-20-18-16-14-12-10-8-5-2/h19-22,37-44,61-62,71H,4-18,23-36,45-60H2,1-3H3/b21-19-,22-20-. The first-order valence-corrected chi connectivity index (χ1v) is 35.6. The lowest BCUT2D eigenvalue weighted by molar-refractivity contribution is -0.144. The fourth-order valence-corrected chi connectivity index (χ4v) is 12.4. The van der Waals surface area contributed by atoms with Gasteiger partial charge in [0, 0.05) is 37.4 Å². The second kappa shape index (κ2) is 51.8. The first-order chi connectivity index (χ1) is 40.3. The predicted molar refractivity (Wildman–Crippen MR) is 347 cm³/mol. The normalized spacial score (nSPS) is 13.5. The minimum absolute atomic E-state index is 0.198. The monoisotopic (exact) mass is 1170 g/mol. The summed E-state index contributed by atoms with van der Waals surface area (Å²) in [6.45, 7) is 12.9. The molecule has 2 aromatic rings. The van der Waals surface area contributed by atoms with Gasteiger partial charge in [0.15, 0.2) is 0 Å². The van der Waals surface area contributed by atoms with Crippen molar-refractivity contribution >= 4 is 45.5 Å². The number of nitrogens with zero attached hydrogens (tertiary/aromatic N) is 1. The molecule has 464 valence electrons. The molecule has 0 aliphatic carbocycles. The molecule has 3 rings (SSSR count). The van der Waals surface area contributed by atoms with Crippen molar-refractivity contribution in [3.63, 3.8) is 0 Å². The molecule has 0 bridgehead atoms. The van der Waals surface area contributed by atoms with E-state index in [0.29, 0.717) is 49.4 Å². The summed E-state index contributed by atoms with van der Waals surface area (Å²) < 4.78 is 22.3.